The van der Waals surface area contributed by atoms with Gasteiger partial charge in [0.2, 0.25) is 0 Å². The largest absolute Gasteiger partial charge is 0.497 e. The predicted octanol–water partition coefficient (Wildman–Crippen LogP) is 1.10. The number of ether oxygens (including phenoxy) is 2. The molecule has 0 spiro atoms. The van der Waals surface area contributed by atoms with E-state index in [1.165, 1.54) is 19.2 Å². The Labute approximate surface area is 109 Å². The number of aromatic carboxylic acids is 1. The van der Waals surface area contributed by atoms with Gasteiger partial charge in [-0.2, -0.15) is 0 Å². The van der Waals surface area contributed by atoms with Crippen molar-refractivity contribution in [3.63, 3.8) is 0 Å². The Morgan fingerprint density at radius 3 is 2.84 bits per heavy atom. The zero-order valence-corrected chi connectivity index (χ0v) is 10.5. The van der Waals surface area contributed by atoms with E-state index in [0.717, 1.165) is 0 Å². The molecule has 1 aromatic carbocycles. The zero-order valence-electron chi connectivity index (χ0n) is 10.5. The molecule has 0 fully saturated rings. The highest BCUT2D eigenvalue weighted by Gasteiger charge is 2.13. The van der Waals surface area contributed by atoms with E-state index in [1.807, 2.05) is 0 Å². The molecule has 0 unspecified atom stereocenters. The third kappa shape index (κ3) is 3.01. The Morgan fingerprint density at radius 2 is 2.26 bits per heavy atom. The van der Waals surface area contributed by atoms with Gasteiger partial charge in [-0.1, -0.05) is 5.21 Å². The zero-order chi connectivity index (χ0) is 13.8. The van der Waals surface area contributed by atoms with E-state index in [2.05, 4.69) is 10.3 Å². The van der Waals surface area contributed by atoms with E-state index < -0.39 is 5.97 Å². The first-order valence-corrected chi connectivity index (χ1v) is 5.49. The summed E-state index contributed by atoms with van der Waals surface area (Å²) < 4.78 is 12.0. The number of aryl methyl sites for hydroxylation is 1. The van der Waals surface area contributed by atoms with Gasteiger partial charge in [0.25, 0.3) is 0 Å². The number of carboxylic acid groups (broad SMARTS) is 1. The first-order chi connectivity index (χ1) is 9.10. The van der Waals surface area contributed by atoms with Crippen molar-refractivity contribution in [1.29, 1.82) is 0 Å². The number of benzene rings is 1. The van der Waals surface area contributed by atoms with E-state index in [9.17, 15) is 4.79 Å². The van der Waals surface area contributed by atoms with Crippen molar-refractivity contribution in [2.24, 2.45) is 7.05 Å². The molecule has 0 amide bonds. The van der Waals surface area contributed by atoms with E-state index in [4.69, 9.17) is 14.6 Å². The normalized spacial score (nSPS) is 10.2. The second kappa shape index (κ2) is 5.38. The topological polar surface area (TPSA) is 86.5 Å². The molecule has 2 aromatic rings. The van der Waals surface area contributed by atoms with Crippen LogP contribution < -0.4 is 9.47 Å². The molecule has 2 rings (SSSR count). The molecule has 0 saturated heterocycles. The van der Waals surface area contributed by atoms with Crippen molar-refractivity contribution in [2.45, 2.75) is 6.61 Å². The average Bonchev–Trinajstić information content (AvgIpc) is 2.81. The van der Waals surface area contributed by atoms with E-state index in [-0.39, 0.29) is 17.9 Å². The van der Waals surface area contributed by atoms with Crippen LogP contribution in [0.15, 0.2) is 24.4 Å². The summed E-state index contributed by atoms with van der Waals surface area (Å²) in [6.45, 7) is 0.140. The van der Waals surface area contributed by atoms with Crippen LogP contribution in [0.3, 0.4) is 0 Å². The molecule has 1 N–H and O–H groups in total. The fourth-order valence-electron chi connectivity index (χ4n) is 1.54. The lowest BCUT2D eigenvalue weighted by atomic mass is 10.2. The molecule has 0 radical (unpaired) electrons. The summed E-state index contributed by atoms with van der Waals surface area (Å²) in [6.07, 6.45) is 1.70. The number of rotatable bonds is 5. The Hall–Kier alpha value is -2.57. The van der Waals surface area contributed by atoms with Gasteiger partial charge in [0.15, 0.2) is 0 Å². The number of aromatic nitrogens is 3. The second-order valence-corrected chi connectivity index (χ2v) is 3.84. The van der Waals surface area contributed by atoms with E-state index in [0.29, 0.717) is 11.4 Å². The van der Waals surface area contributed by atoms with Gasteiger partial charge in [-0.25, -0.2) is 4.79 Å². The standard InChI is InChI=1S/C12H13N3O4/c1-15-6-8(13-14-15)7-19-11-5-9(18-2)3-4-10(11)12(16)17/h3-6H,7H2,1-2H3,(H,16,17). The van der Waals surface area contributed by atoms with Crippen molar-refractivity contribution in [2.75, 3.05) is 7.11 Å². The van der Waals surface area contributed by atoms with Crippen LogP contribution in [0, 0.1) is 0 Å². The Kier molecular flexibility index (Phi) is 3.65. The van der Waals surface area contributed by atoms with Crippen molar-refractivity contribution in [1.82, 2.24) is 15.0 Å². The highest BCUT2D eigenvalue weighted by molar-refractivity contribution is 5.91. The molecule has 0 aliphatic rings. The lowest BCUT2D eigenvalue weighted by Gasteiger charge is -2.09. The summed E-state index contributed by atoms with van der Waals surface area (Å²) in [6, 6.07) is 4.53. The van der Waals surface area contributed by atoms with Crippen LogP contribution in [0.25, 0.3) is 0 Å². The number of carbonyl (C=O) groups is 1. The monoisotopic (exact) mass is 263 g/mol. The van der Waals surface area contributed by atoms with Crippen LogP contribution in [0.2, 0.25) is 0 Å². The predicted molar refractivity (Wildman–Crippen MR) is 65.3 cm³/mol. The van der Waals surface area contributed by atoms with Gasteiger partial charge >= 0.3 is 5.97 Å². The highest BCUT2D eigenvalue weighted by atomic mass is 16.5. The summed E-state index contributed by atoms with van der Waals surface area (Å²) in [5.74, 6) is -0.298. The molecule has 19 heavy (non-hydrogen) atoms. The Bertz CT molecular complexity index is 594. The quantitative estimate of drug-likeness (QED) is 0.869. The third-order valence-electron chi connectivity index (χ3n) is 2.44. The number of carboxylic acids is 1. The molecule has 100 valence electrons. The maximum atomic E-state index is 11.1. The molecule has 0 aliphatic carbocycles. The lowest BCUT2D eigenvalue weighted by molar-refractivity contribution is 0.0691. The van der Waals surface area contributed by atoms with Crippen LogP contribution in [0.5, 0.6) is 11.5 Å². The van der Waals surface area contributed by atoms with Crippen molar-refractivity contribution in [3.8, 4) is 11.5 Å². The fourth-order valence-corrected chi connectivity index (χ4v) is 1.54. The Morgan fingerprint density at radius 1 is 1.47 bits per heavy atom. The summed E-state index contributed by atoms with van der Waals surface area (Å²) in [5, 5.41) is 16.7. The van der Waals surface area contributed by atoms with Gasteiger partial charge in [0.05, 0.1) is 13.3 Å². The van der Waals surface area contributed by atoms with Gasteiger partial charge in [0.1, 0.15) is 29.4 Å². The minimum Gasteiger partial charge on any atom is -0.497 e. The molecule has 0 aliphatic heterocycles. The molecular weight excluding hydrogens is 250 g/mol. The summed E-state index contributed by atoms with van der Waals surface area (Å²) >= 11 is 0. The minimum atomic E-state index is -1.06. The molecule has 7 nitrogen and oxygen atoms in total. The van der Waals surface area contributed by atoms with E-state index in [1.54, 1.807) is 24.0 Å². The van der Waals surface area contributed by atoms with Gasteiger partial charge in [-0.3, -0.25) is 4.68 Å². The molecule has 0 saturated carbocycles. The number of hydrogen-bond donors (Lipinski definition) is 1. The summed E-state index contributed by atoms with van der Waals surface area (Å²) in [5.41, 5.74) is 0.686. The molecule has 0 atom stereocenters. The Balaban J connectivity index is 2.19. The molecule has 1 aromatic heterocycles. The van der Waals surface area contributed by atoms with Crippen LogP contribution >= 0.6 is 0 Å². The van der Waals surface area contributed by atoms with Crippen molar-refractivity contribution >= 4 is 5.97 Å². The third-order valence-corrected chi connectivity index (χ3v) is 2.44. The molecule has 1 heterocycles. The molecule has 7 heteroatoms. The number of nitrogens with zero attached hydrogens (tertiary/aromatic N) is 3. The number of hydrogen-bond acceptors (Lipinski definition) is 5. The smallest absolute Gasteiger partial charge is 0.339 e. The first kappa shape index (κ1) is 12.9. The minimum absolute atomic E-state index is 0.0738. The van der Waals surface area contributed by atoms with Crippen LogP contribution in [-0.4, -0.2) is 33.2 Å². The summed E-state index contributed by atoms with van der Waals surface area (Å²) in [4.78, 5) is 11.1. The lowest BCUT2D eigenvalue weighted by Crippen LogP contribution is -2.04. The van der Waals surface area contributed by atoms with Crippen LogP contribution in [-0.2, 0) is 13.7 Å². The van der Waals surface area contributed by atoms with Gasteiger partial charge in [-0.05, 0) is 12.1 Å². The number of methoxy groups -OCH3 is 1. The molecule has 0 bridgehead atoms. The SMILES string of the molecule is COc1ccc(C(=O)O)c(OCc2cn(C)nn2)c1. The van der Waals surface area contributed by atoms with Crippen LogP contribution in [0.4, 0.5) is 0 Å². The van der Waals surface area contributed by atoms with E-state index >= 15 is 0 Å². The average molecular weight is 263 g/mol. The van der Waals surface area contributed by atoms with Gasteiger partial charge in [0, 0.05) is 13.1 Å². The van der Waals surface area contributed by atoms with Crippen LogP contribution in [0.1, 0.15) is 16.1 Å². The maximum absolute atomic E-state index is 11.1. The first-order valence-electron chi connectivity index (χ1n) is 5.49. The van der Waals surface area contributed by atoms with Gasteiger partial charge < -0.3 is 14.6 Å². The fraction of sp³-hybridized carbons (Fsp3) is 0.250. The van der Waals surface area contributed by atoms with Crippen molar-refractivity contribution < 1.29 is 19.4 Å². The maximum Gasteiger partial charge on any atom is 0.339 e. The van der Waals surface area contributed by atoms with Gasteiger partial charge in [-0.15, -0.1) is 5.10 Å². The summed E-state index contributed by atoms with van der Waals surface area (Å²) in [7, 11) is 3.24. The molecular formula is C12H13N3O4. The second-order valence-electron chi connectivity index (χ2n) is 3.84. The van der Waals surface area contributed by atoms with Crippen molar-refractivity contribution in [3.05, 3.63) is 35.7 Å². The highest BCUT2D eigenvalue weighted by Crippen LogP contribution is 2.25.